The monoisotopic (exact) mass is 341 g/mol. The van der Waals surface area contributed by atoms with E-state index in [0.717, 1.165) is 18.4 Å². The minimum Gasteiger partial charge on any atom is -0.485 e. The van der Waals surface area contributed by atoms with Crippen LogP contribution in [-0.4, -0.2) is 41.7 Å². The van der Waals surface area contributed by atoms with E-state index in [1.165, 1.54) is 0 Å². The topological polar surface area (TPSA) is 59.0 Å². The maximum atomic E-state index is 12.3. The molecule has 0 saturated carbocycles. The molecule has 0 unspecified atom stereocenters. The standard InChI is InChI=1S/C20H23NO4/c22-17-9-6-12-21(13-17)20(23)15-25-19-11-5-4-10-18(19)24-14-16-7-2-1-3-8-16/h1-5,7-8,10-11,17,22H,6,9,12-15H2/t17-/m1/s1. The number of hydrogen-bond acceptors (Lipinski definition) is 4. The zero-order valence-corrected chi connectivity index (χ0v) is 14.1. The van der Waals surface area contributed by atoms with Crippen LogP contribution in [0.15, 0.2) is 54.6 Å². The summed E-state index contributed by atoms with van der Waals surface area (Å²) in [5.41, 5.74) is 1.07. The first-order chi connectivity index (χ1) is 12.2. The first-order valence-electron chi connectivity index (χ1n) is 8.57. The van der Waals surface area contributed by atoms with Gasteiger partial charge in [0.15, 0.2) is 18.1 Å². The van der Waals surface area contributed by atoms with Crippen molar-refractivity contribution < 1.29 is 19.4 Å². The molecule has 25 heavy (non-hydrogen) atoms. The molecule has 5 nitrogen and oxygen atoms in total. The van der Waals surface area contributed by atoms with Crippen LogP contribution in [0.5, 0.6) is 11.5 Å². The van der Waals surface area contributed by atoms with Crippen molar-refractivity contribution in [3.8, 4) is 11.5 Å². The Hall–Kier alpha value is -2.53. The van der Waals surface area contributed by atoms with Gasteiger partial charge in [0.2, 0.25) is 0 Å². The molecule has 1 heterocycles. The number of carbonyl (C=O) groups is 1. The smallest absolute Gasteiger partial charge is 0.260 e. The van der Waals surface area contributed by atoms with Crippen LogP contribution in [0.4, 0.5) is 0 Å². The van der Waals surface area contributed by atoms with Crippen LogP contribution >= 0.6 is 0 Å². The number of para-hydroxylation sites is 2. The van der Waals surface area contributed by atoms with Gasteiger partial charge in [0.1, 0.15) is 6.61 Å². The van der Waals surface area contributed by atoms with Crippen molar-refractivity contribution in [2.75, 3.05) is 19.7 Å². The summed E-state index contributed by atoms with van der Waals surface area (Å²) in [6.07, 6.45) is 1.14. The Morgan fingerprint density at radius 2 is 1.72 bits per heavy atom. The van der Waals surface area contributed by atoms with Gasteiger partial charge in [-0.1, -0.05) is 42.5 Å². The summed E-state index contributed by atoms with van der Waals surface area (Å²) >= 11 is 0. The van der Waals surface area contributed by atoms with E-state index in [4.69, 9.17) is 9.47 Å². The molecule has 1 aliphatic heterocycles. The Morgan fingerprint density at radius 1 is 1.04 bits per heavy atom. The van der Waals surface area contributed by atoms with Crippen molar-refractivity contribution in [3.05, 3.63) is 60.2 Å². The molecule has 0 aliphatic carbocycles. The summed E-state index contributed by atoms with van der Waals surface area (Å²) in [5.74, 6) is 1.04. The molecule has 132 valence electrons. The summed E-state index contributed by atoms with van der Waals surface area (Å²) in [4.78, 5) is 13.9. The third-order valence-electron chi connectivity index (χ3n) is 4.19. The van der Waals surface area contributed by atoms with Crippen molar-refractivity contribution >= 4 is 5.91 Å². The summed E-state index contributed by atoms with van der Waals surface area (Å²) in [6.45, 7) is 1.44. The highest BCUT2D eigenvalue weighted by molar-refractivity contribution is 5.78. The van der Waals surface area contributed by atoms with E-state index in [1.807, 2.05) is 48.5 Å². The zero-order chi connectivity index (χ0) is 17.5. The number of aliphatic hydroxyl groups is 1. The van der Waals surface area contributed by atoms with E-state index in [2.05, 4.69) is 0 Å². The van der Waals surface area contributed by atoms with Gasteiger partial charge in [-0.25, -0.2) is 0 Å². The quantitative estimate of drug-likeness (QED) is 0.877. The fourth-order valence-corrected chi connectivity index (χ4v) is 2.84. The summed E-state index contributed by atoms with van der Waals surface area (Å²) in [6, 6.07) is 17.2. The summed E-state index contributed by atoms with van der Waals surface area (Å²) in [7, 11) is 0. The molecule has 3 rings (SSSR count). The number of carbonyl (C=O) groups excluding carboxylic acids is 1. The molecule has 0 radical (unpaired) electrons. The maximum Gasteiger partial charge on any atom is 0.260 e. The molecule has 1 saturated heterocycles. The number of likely N-dealkylation sites (tertiary alicyclic amines) is 1. The third kappa shape index (κ3) is 4.97. The van der Waals surface area contributed by atoms with Gasteiger partial charge in [0.25, 0.3) is 5.91 Å². The SMILES string of the molecule is O=C(COc1ccccc1OCc1ccccc1)N1CCC[C@@H](O)C1. The van der Waals surface area contributed by atoms with Crippen LogP contribution in [0, 0.1) is 0 Å². The Balaban J connectivity index is 1.56. The second-order valence-corrected chi connectivity index (χ2v) is 6.15. The van der Waals surface area contributed by atoms with E-state index in [-0.39, 0.29) is 12.5 Å². The van der Waals surface area contributed by atoms with Gasteiger partial charge in [0, 0.05) is 13.1 Å². The van der Waals surface area contributed by atoms with E-state index in [1.54, 1.807) is 11.0 Å². The highest BCUT2D eigenvalue weighted by atomic mass is 16.5. The zero-order valence-electron chi connectivity index (χ0n) is 14.1. The number of β-amino-alcohol motifs (C(OH)–C–C–N with tert-alkyl or cyclic N) is 1. The molecule has 1 N–H and O–H groups in total. The molecule has 0 bridgehead atoms. The predicted octanol–water partition coefficient (Wildman–Crippen LogP) is 2.63. The average Bonchev–Trinajstić information content (AvgIpc) is 2.66. The Labute approximate surface area is 147 Å². The van der Waals surface area contributed by atoms with Gasteiger partial charge in [-0.05, 0) is 30.5 Å². The van der Waals surface area contributed by atoms with Gasteiger partial charge >= 0.3 is 0 Å². The van der Waals surface area contributed by atoms with E-state index in [0.29, 0.717) is 31.2 Å². The molecule has 0 spiro atoms. The molecule has 0 aromatic heterocycles. The predicted molar refractivity (Wildman–Crippen MR) is 94.5 cm³/mol. The molecule has 2 aromatic rings. The molecule has 1 amide bonds. The fourth-order valence-electron chi connectivity index (χ4n) is 2.84. The number of nitrogens with zero attached hydrogens (tertiary/aromatic N) is 1. The number of benzene rings is 2. The van der Waals surface area contributed by atoms with Gasteiger partial charge in [-0.3, -0.25) is 4.79 Å². The van der Waals surface area contributed by atoms with E-state index >= 15 is 0 Å². The maximum absolute atomic E-state index is 12.3. The van der Waals surface area contributed by atoms with Crippen LogP contribution in [-0.2, 0) is 11.4 Å². The molecule has 5 heteroatoms. The van der Waals surface area contributed by atoms with Gasteiger partial charge < -0.3 is 19.5 Å². The number of amides is 1. The van der Waals surface area contributed by atoms with Gasteiger partial charge in [0.05, 0.1) is 6.10 Å². The number of aliphatic hydroxyl groups excluding tert-OH is 1. The van der Waals surface area contributed by atoms with Gasteiger partial charge in [-0.2, -0.15) is 0 Å². The van der Waals surface area contributed by atoms with Crippen molar-refractivity contribution in [2.24, 2.45) is 0 Å². The second kappa shape index (κ2) is 8.53. The van der Waals surface area contributed by atoms with Crippen molar-refractivity contribution in [3.63, 3.8) is 0 Å². The minimum absolute atomic E-state index is 0.0571. The fraction of sp³-hybridized carbons (Fsp3) is 0.350. The number of hydrogen-bond donors (Lipinski definition) is 1. The number of piperidine rings is 1. The molecule has 2 aromatic carbocycles. The summed E-state index contributed by atoms with van der Waals surface area (Å²) in [5, 5.41) is 9.68. The normalized spacial score (nSPS) is 17.2. The lowest BCUT2D eigenvalue weighted by molar-refractivity contribution is -0.136. The lowest BCUT2D eigenvalue weighted by atomic mass is 10.1. The molecule has 1 atom stereocenters. The number of rotatable bonds is 6. The lowest BCUT2D eigenvalue weighted by Gasteiger charge is -2.30. The van der Waals surface area contributed by atoms with Crippen molar-refractivity contribution in [2.45, 2.75) is 25.6 Å². The van der Waals surface area contributed by atoms with Crippen LogP contribution in [0.2, 0.25) is 0 Å². The van der Waals surface area contributed by atoms with Crippen molar-refractivity contribution in [1.29, 1.82) is 0 Å². The number of ether oxygens (including phenoxy) is 2. The van der Waals surface area contributed by atoms with Crippen LogP contribution in [0.25, 0.3) is 0 Å². The van der Waals surface area contributed by atoms with Crippen molar-refractivity contribution in [1.82, 2.24) is 4.90 Å². The largest absolute Gasteiger partial charge is 0.485 e. The molecule has 1 fully saturated rings. The molecular formula is C20H23NO4. The highest BCUT2D eigenvalue weighted by Gasteiger charge is 2.22. The first kappa shape index (κ1) is 17.3. The Kier molecular flexibility index (Phi) is 5.90. The lowest BCUT2D eigenvalue weighted by Crippen LogP contribution is -2.44. The Bertz CT molecular complexity index is 689. The van der Waals surface area contributed by atoms with Crippen LogP contribution in [0.3, 0.4) is 0 Å². The first-order valence-corrected chi connectivity index (χ1v) is 8.57. The summed E-state index contributed by atoms with van der Waals surface area (Å²) < 4.78 is 11.5. The molecular weight excluding hydrogens is 318 g/mol. The molecule has 1 aliphatic rings. The van der Waals surface area contributed by atoms with E-state index in [9.17, 15) is 9.90 Å². The van der Waals surface area contributed by atoms with E-state index < -0.39 is 6.10 Å². The minimum atomic E-state index is -0.431. The van der Waals surface area contributed by atoms with Gasteiger partial charge in [-0.15, -0.1) is 0 Å². The van der Waals surface area contributed by atoms with Crippen LogP contribution < -0.4 is 9.47 Å². The highest BCUT2D eigenvalue weighted by Crippen LogP contribution is 2.27. The van der Waals surface area contributed by atoms with Crippen LogP contribution in [0.1, 0.15) is 18.4 Å². The third-order valence-corrected chi connectivity index (χ3v) is 4.19. The second-order valence-electron chi connectivity index (χ2n) is 6.15. The average molecular weight is 341 g/mol. The Morgan fingerprint density at radius 3 is 2.44 bits per heavy atom.